The van der Waals surface area contributed by atoms with Crippen LogP contribution < -0.4 is 4.74 Å². The molecule has 0 atom stereocenters. The Morgan fingerprint density at radius 3 is 2.17 bits per heavy atom. The lowest BCUT2D eigenvalue weighted by molar-refractivity contribution is -0.118. The van der Waals surface area contributed by atoms with E-state index in [1.807, 2.05) is 54.6 Å². The lowest BCUT2D eigenvalue weighted by Gasteiger charge is -2.06. The van der Waals surface area contributed by atoms with Crippen molar-refractivity contribution in [2.45, 2.75) is 0 Å². The maximum Gasteiger partial charge on any atom is 0.184 e. The van der Waals surface area contributed by atoms with Gasteiger partial charge in [-0.25, -0.2) is 0 Å². The Hall–Kier alpha value is -1.80. The first-order chi connectivity index (χ1) is 8.79. The summed E-state index contributed by atoms with van der Waals surface area (Å²) in [5.41, 5.74) is 2.27. The summed E-state index contributed by atoms with van der Waals surface area (Å²) >= 11 is 5.39. The molecule has 3 heteroatoms. The number of benzene rings is 2. The van der Waals surface area contributed by atoms with Crippen LogP contribution in [0.4, 0.5) is 0 Å². The zero-order valence-electron chi connectivity index (χ0n) is 9.80. The number of Topliss-reactive ketones (excluding diaryl/α,β-unsaturated/α-hetero) is 1. The van der Waals surface area contributed by atoms with Crippen LogP contribution in [-0.2, 0) is 4.79 Å². The molecule has 18 heavy (non-hydrogen) atoms. The molecule has 0 aliphatic carbocycles. The van der Waals surface area contributed by atoms with E-state index in [0.29, 0.717) is 5.75 Å². The van der Waals surface area contributed by atoms with Gasteiger partial charge in [0.05, 0.1) is 5.88 Å². The van der Waals surface area contributed by atoms with Gasteiger partial charge < -0.3 is 4.74 Å². The first-order valence-electron chi connectivity index (χ1n) is 5.65. The fourth-order valence-electron chi connectivity index (χ4n) is 1.58. The van der Waals surface area contributed by atoms with Crippen molar-refractivity contribution < 1.29 is 9.53 Å². The van der Waals surface area contributed by atoms with Crippen molar-refractivity contribution in [3.8, 4) is 16.9 Å². The lowest BCUT2D eigenvalue weighted by Crippen LogP contribution is -2.11. The van der Waals surface area contributed by atoms with Gasteiger partial charge in [0, 0.05) is 0 Å². The molecule has 0 fully saturated rings. The van der Waals surface area contributed by atoms with Gasteiger partial charge in [-0.1, -0.05) is 42.5 Å². The SMILES string of the molecule is O=C(CCl)COc1ccc(-c2ccccc2)cc1. The summed E-state index contributed by atoms with van der Waals surface area (Å²) in [4.78, 5) is 11.0. The number of rotatable bonds is 5. The maximum absolute atomic E-state index is 11.0. The third-order valence-corrected chi connectivity index (χ3v) is 2.81. The topological polar surface area (TPSA) is 26.3 Å². The highest BCUT2D eigenvalue weighted by molar-refractivity contribution is 6.27. The van der Waals surface area contributed by atoms with Crippen LogP contribution in [0.2, 0.25) is 0 Å². The minimum absolute atomic E-state index is 0.0118. The van der Waals surface area contributed by atoms with Crippen LogP contribution in [0.5, 0.6) is 5.75 Å². The predicted molar refractivity (Wildman–Crippen MR) is 73.1 cm³/mol. The average Bonchev–Trinajstić information content (AvgIpc) is 2.46. The minimum Gasteiger partial charge on any atom is -0.486 e. The third-order valence-electron chi connectivity index (χ3n) is 2.51. The molecule has 2 rings (SSSR count). The zero-order valence-corrected chi connectivity index (χ0v) is 10.6. The van der Waals surface area contributed by atoms with Crippen molar-refractivity contribution in [3.05, 3.63) is 54.6 Å². The highest BCUT2D eigenvalue weighted by Gasteiger charge is 2.01. The second-order valence-corrected chi connectivity index (χ2v) is 4.12. The van der Waals surface area contributed by atoms with Crippen LogP contribution in [-0.4, -0.2) is 18.3 Å². The smallest absolute Gasteiger partial charge is 0.184 e. The fraction of sp³-hybridized carbons (Fsp3) is 0.133. The number of hydrogen-bond acceptors (Lipinski definition) is 2. The van der Waals surface area contributed by atoms with Crippen LogP contribution in [0.3, 0.4) is 0 Å². The summed E-state index contributed by atoms with van der Waals surface area (Å²) in [6.45, 7) is 0.0220. The predicted octanol–water partition coefficient (Wildman–Crippen LogP) is 3.54. The van der Waals surface area contributed by atoms with E-state index in [0.717, 1.165) is 11.1 Å². The average molecular weight is 261 g/mol. The second-order valence-electron chi connectivity index (χ2n) is 3.85. The molecule has 0 N–H and O–H groups in total. The van der Waals surface area contributed by atoms with Gasteiger partial charge in [0.1, 0.15) is 12.4 Å². The monoisotopic (exact) mass is 260 g/mol. The van der Waals surface area contributed by atoms with E-state index in [1.165, 1.54) is 0 Å². The van der Waals surface area contributed by atoms with Gasteiger partial charge in [0.15, 0.2) is 5.78 Å². The maximum atomic E-state index is 11.0. The molecule has 0 saturated heterocycles. The van der Waals surface area contributed by atoms with Crippen LogP contribution in [0, 0.1) is 0 Å². The summed E-state index contributed by atoms with van der Waals surface area (Å²) in [5, 5.41) is 0. The molecule has 0 radical (unpaired) electrons. The van der Waals surface area contributed by atoms with Gasteiger partial charge in [-0.05, 0) is 23.3 Å². The number of hydrogen-bond donors (Lipinski definition) is 0. The van der Waals surface area contributed by atoms with Gasteiger partial charge in [-0.15, -0.1) is 11.6 Å². The lowest BCUT2D eigenvalue weighted by atomic mass is 10.1. The van der Waals surface area contributed by atoms with Crippen molar-refractivity contribution in [1.82, 2.24) is 0 Å². The van der Waals surface area contributed by atoms with E-state index in [4.69, 9.17) is 16.3 Å². The van der Waals surface area contributed by atoms with Crippen LogP contribution in [0.15, 0.2) is 54.6 Å². The Balaban J connectivity index is 2.04. The van der Waals surface area contributed by atoms with Crippen molar-refractivity contribution in [3.63, 3.8) is 0 Å². The van der Waals surface area contributed by atoms with Gasteiger partial charge in [-0.2, -0.15) is 0 Å². The number of ether oxygens (including phenoxy) is 1. The van der Waals surface area contributed by atoms with Gasteiger partial charge >= 0.3 is 0 Å². The molecule has 2 nitrogen and oxygen atoms in total. The van der Waals surface area contributed by atoms with Gasteiger partial charge in [-0.3, -0.25) is 4.79 Å². The molecule has 0 unspecified atom stereocenters. The van der Waals surface area contributed by atoms with Crippen molar-refractivity contribution >= 4 is 17.4 Å². The van der Waals surface area contributed by atoms with E-state index in [1.54, 1.807) is 0 Å². The Morgan fingerprint density at radius 1 is 0.944 bits per heavy atom. The molecule has 2 aromatic carbocycles. The van der Waals surface area contributed by atoms with E-state index >= 15 is 0 Å². The number of ketones is 1. The van der Waals surface area contributed by atoms with Gasteiger partial charge in [0.2, 0.25) is 0 Å². The largest absolute Gasteiger partial charge is 0.486 e. The molecule has 0 spiro atoms. The second kappa shape index (κ2) is 6.22. The van der Waals surface area contributed by atoms with Crippen LogP contribution >= 0.6 is 11.6 Å². The molecule has 2 aromatic rings. The van der Waals surface area contributed by atoms with E-state index in [-0.39, 0.29) is 18.3 Å². The van der Waals surface area contributed by atoms with Gasteiger partial charge in [0.25, 0.3) is 0 Å². The van der Waals surface area contributed by atoms with E-state index in [2.05, 4.69) is 0 Å². The summed E-state index contributed by atoms with van der Waals surface area (Å²) < 4.78 is 5.32. The molecule has 0 aliphatic rings. The molecule has 0 amide bonds. The van der Waals surface area contributed by atoms with E-state index < -0.39 is 0 Å². The zero-order chi connectivity index (χ0) is 12.8. The molecule has 92 valence electrons. The number of halogens is 1. The highest BCUT2D eigenvalue weighted by Crippen LogP contribution is 2.21. The van der Waals surface area contributed by atoms with Crippen LogP contribution in [0.25, 0.3) is 11.1 Å². The summed E-state index contributed by atoms with van der Waals surface area (Å²) in [7, 11) is 0. The normalized spacial score (nSPS) is 10.1. The van der Waals surface area contributed by atoms with E-state index in [9.17, 15) is 4.79 Å². The third kappa shape index (κ3) is 3.34. The van der Waals surface area contributed by atoms with Crippen LogP contribution in [0.1, 0.15) is 0 Å². The Bertz CT molecular complexity index is 506. The summed E-state index contributed by atoms with van der Waals surface area (Å²) in [5.74, 6) is 0.541. The highest BCUT2D eigenvalue weighted by atomic mass is 35.5. The Kier molecular flexibility index (Phi) is 4.37. The minimum atomic E-state index is -0.121. The quantitative estimate of drug-likeness (QED) is 0.769. The molecule has 0 aromatic heterocycles. The Morgan fingerprint density at radius 2 is 1.56 bits per heavy atom. The van der Waals surface area contributed by atoms with Crippen molar-refractivity contribution in [2.24, 2.45) is 0 Å². The number of carbonyl (C=O) groups is 1. The number of alkyl halides is 1. The molecular weight excluding hydrogens is 248 g/mol. The molecule has 0 saturated carbocycles. The molecule has 0 aliphatic heterocycles. The van der Waals surface area contributed by atoms with Crippen molar-refractivity contribution in [1.29, 1.82) is 0 Å². The molecule has 0 heterocycles. The van der Waals surface area contributed by atoms with Crippen molar-refractivity contribution in [2.75, 3.05) is 12.5 Å². The molecule has 0 bridgehead atoms. The fourth-order valence-corrected chi connectivity index (χ4v) is 1.65. The first-order valence-corrected chi connectivity index (χ1v) is 6.19. The standard InChI is InChI=1S/C15H13ClO2/c16-10-14(17)11-18-15-8-6-13(7-9-15)12-4-2-1-3-5-12/h1-9H,10-11H2. The first kappa shape index (κ1) is 12.7. The number of carbonyl (C=O) groups excluding carboxylic acids is 1. The molecular formula is C15H13ClO2. The Labute approximate surface area is 111 Å². The summed E-state index contributed by atoms with van der Waals surface area (Å²) in [6.07, 6.45) is 0. The summed E-state index contributed by atoms with van der Waals surface area (Å²) in [6, 6.07) is 17.7.